The van der Waals surface area contributed by atoms with Gasteiger partial charge in [-0.05, 0) is 26.4 Å². The highest BCUT2D eigenvalue weighted by Gasteiger charge is 2.31. The van der Waals surface area contributed by atoms with Crippen LogP contribution in [-0.2, 0) is 0 Å². The number of nitrogens with two attached hydrogens (primary N) is 1. The summed E-state index contributed by atoms with van der Waals surface area (Å²) < 4.78 is 0. The second-order valence-corrected chi connectivity index (χ2v) is 5.28. The third-order valence-electron chi connectivity index (χ3n) is 3.46. The molecule has 0 aliphatic carbocycles. The first kappa shape index (κ1) is 12.9. The fraction of sp³-hybridized carbons (Fsp3) is 1.00. The van der Waals surface area contributed by atoms with E-state index in [0.29, 0.717) is 12.1 Å². The number of likely N-dealkylation sites (N-methyl/N-ethyl adjacent to an activating group) is 1. The molecule has 1 heterocycles. The van der Waals surface area contributed by atoms with Gasteiger partial charge in [-0.3, -0.25) is 4.90 Å². The van der Waals surface area contributed by atoms with Crippen molar-refractivity contribution in [2.45, 2.75) is 38.8 Å². The van der Waals surface area contributed by atoms with Crippen LogP contribution in [-0.4, -0.2) is 55.6 Å². The molecule has 3 nitrogen and oxygen atoms in total. The topological polar surface area (TPSA) is 32.5 Å². The Balaban J connectivity index is 2.34. The van der Waals surface area contributed by atoms with Crippen molar-refractivity contribution in [2.75, 3.05) is 33.7 Å². The highest BCUT2D eigenvalue weighted by molar-refractivity contribution is 4.87. The Morgan fingerprint density at radius 2 is 2.07 bits per heavy atom. The molecule has 0 aromatic rings. The zero-order valence-corrected chi connectivity index (χ0v) is 10.7. The van der Waals surface area contributed by atoms with Crippen LogP contribution in [0, 0.1) is 5.92 Å². The zero-order valence-electron chi connectivity index (χ0n) is 10.7. The van der Waals surface area contributed by atoms with Crippen LogP contribution in [0.4, 0.5) is 0 Å². The summed E-state index contributed by atoms with van der Waals surface area (Å²) >= 11 is 0. The summed E-state index contributed by atoms with van der Waals surface area (Å²) in [6.07, 6.45) is 2.35. The van der Waals surface area contributed by atoms with E-state index in [9.17, 15) is 0 Å². The van der Waals surface area contributed by atoms with Gasteiger partial charge in [-0.2, -0.15) is 0 Å². The van der Waals surface area contributed by atoms with Crippen molar-refractivity contribution in [3.8, 4) is 0 Å². The second kappa shape index (κ2) is 5.83. The van der Waals surface area contributed by atoms with Crippen molar-refractivity contribution < 1.29 is 0 Å². The quantitative estimate of drug-likeness (QED) is 0.739. The molecule has 3 unspecified atom stereocenters. The predicted octanol–water partition coefficient (Wildman–Crippen LogP) is 0.996. The van der Waals surface area contributed by atoms with Gasteiger partial charge in [-0.15, -0.1) is 0 Å². The molecule has 1 rings (SSSR count). The molecular weight excluding hydrogens is 186 g/mol. The van der Waals surface area contributed by atoms with Crippen LogP contribution in [0.15, 0.2) is 0 Å². The van der Waals surface area contributed by atoms with Gasteiger partial charge in [-0.25, -0.2) is 0 Å². The average molecular weight is 213 g/mol. The van der Waals surface area contributed by atoms with E-state index >= 15 is 0 Å². The first-order chi connectivity index (χ1) is 7.04. The monoisotopic (exact) mass is 213 g/mol. The van der Waals surface area contributed by atoms with Crippen molar-refractivity contribution in [2.24, 2.45) is 11.7 Å². The SMILES string of the molecule is CCCC(N)CN1CC(C)C(N(C)C)C1. The Bertz CT molecular complexity index is 182. The van der Waals surface area contributed by atoms with Gasteiger partial charge in [0.25, 0.3) is 0 Å². The van der Waals surface area contributed by atoms with Crippen LogP contribution < -0.4 is 5.73 Å². The minimum atomic E-state index is 0.364. The maximum absolute atomic E-state index is 6.08. The number of hydrogen-bond donors (Lipinski definition) is 1. The van der Waals surface area contributed by atoms with E-state index in [-0.39, 0.29) is 0 Å². The Morgan fingerprint density at radius 1 is 1.40 bits per heavy atom. The molecule has 0 radical (unpaired) electrons. The van der Waals surface area contributed by atoms with Crippen LogP contribution in [0.25, 0.3) is 0 Å². The van der Waals surface area contributed by atoms with Crippen LogP contribution in [0.2, 0.25) is 0 Å². The fourth-order valence-electron chi connectivity index (χ4n) is 2.66. The number of nitrogens with zero attached hydrogens (tertiary/aromatic N) is 2. The Morgan fingerprint density at radius 3 is 2.53 bits per heavy atom. The standard InChI is InChI=1S/C12H27N3/c1-5-6-11(13)8-15-7-10(2)12(9-15)14(3)4/h10-12H,5-9,13H2,1-4H3. The van der Waals surface area contributed by atoms with E-state index in [1.807, 2.05) is 0 Å². The third-order valence-corrected chi connectivity index (χ3v) is 3.46. The summed E-state index contributed by atoms with van der Waals surface area (Å²) in [5, 5.41) is 0. The lowest BCUT2D eigenvalue weighted by atomic mass is 10.1. The predicted molar refractivity (Wildman–Crippen MR) is 66.0 cm³/mol. The molecule has 1 aliphatic heterocycles. The summed E-state index contributed by atoms with van der Waals surface area (Å²) in [5.74, 6) is 0.772. The molecule has 0 amide bonds. The van der Waals surface area contributed by atoms with E-state index in [2.05, 4.69) is 37.7 Å². The average Bonchev–Trinajstić information content (AvgIpc) is 2.47. The number of likely N-dealkylation sites (tertiary alicyclic amines) is 1. The van der Waals surface area contributed by atoms with Gasteiger partial charge < -0.3 is 10.6 Å². The molecule has 3 heteroatoms. The van der Waals surface area contributed by atoms with E-state index in [4.69, 9.17) is 5.73 Å². The molecule has 90 valence electrons. The highest BCUT2D eigenvalue weighted by atomic mass is 15.2. The van der Waals surface area contributed by atoms with Gasteiger partial charge in [0.15, 0.2) is 0 Å². The van der Waals surface area contributed by atoms with Gasteiger partial charge in [0, 0.05) is 31.7 Å². The highest BCUT2D eigenvalue weighted by Crippen LogP contribution is 2.20. The maximum Gasteiger partial charge on any atom is 0.0254 e. The van der Waals surface area contributed by atoms with Crippen LogP contribution >= 0.6 is 0 Å². The lowest BCUT2D eigenvalue weighted by molar-refractivity contribution is 0.247. The molecule has 2 N–H and O–H groups in total. The fourth-order valence-corrected chi connectivity index (χ4v) is 2.66. The van der Waals surface area contributed by atoms with Crippen molar-refractivity contribution in [3.05, 3.63) is 0 Å². The van der Waals surface area contributed by atoms with Crippen LogP contribution in [0.3, 0.4) is 0 Å². The first-order valence-electron chi connectivity index (χ1n) is 6.19. The molecule has 0 bridgehead atoms. The van der Waals surface area contributed by atoms with Crippen molar-refractivity contribution in [3.63, 3.8) is 0 Å². The van der Waals surface area contributed by atoms with Gasteiger partial charge in [0.1, 0.15) is 0 Å². The summed E-state index contributed by atoms with van der Waals surface area (Å²) in [4.78, 5) is 4.87. The zero-order chi connectivity index (χ0) is 11.4. The maximum atomic E-state index is 6.08. The molecule has 1 aliphatic rings. The molecular formula is C12H27N3. The molecule has 0 spiro atoms. The van der Waals surface area contributed by atoms with E-state index in [1.54, 1.807) is 0 Å². The van der Waals surface area contributed by atoms with Crippen molar-refractivity contribution >= 4 is 0 Å². The molecule has 0 aromatic carbocycles. The van der Waals surface area contributed by atoms with Gasteiger partial charge in [0.05, 0.1) is 0 Å². The van der Waals surface area contributed by atoms with E-state index in [1.165, 1.54) is 19.5 Å². The lowest BCUT2D eigenvalue weighted by Crippen LogP contribution is -2.38. The van der Waals surface area contributed by atoms with E-state index < -0.39 is 0 Å². The summed E-state index contributed by atoms with van der Waals surface area (Å²) in [7, 11) is 4.35. The molecule has 15 heavy (non-hydrogen) atoms. The number of hydrogen-bond acceptors (Lipinski definition) is 3. The van der Waals surface area contributed by atoms with Crippen molar-refractivity contribution in [1.82, 2.24) is 9.80 Å². The largest absolute Gasteiger partial charge is 0.327 e. The van der Waals surface area contributed by atoms with Crippen LogP contribution in [0.1, 0.15) is 26.7 Å². The smallest absolute Gasteiger partial charge is 0.0254 e. The van der Waals surface area contributed by atoms with Gasteiger partial charge >= 0.3 is 0 Å². The molecule has 0 aromatic heterocycles. The summed E-state index contributed by atoms with van der Waals surface area (Å²) in [5.41, 5.74) is 6.08. The Kier molecular flexibility index (Phi) is 5.03. The molecule has 3 atom stereocenters. The second-order valence-electron chi connectivity index (χ2n) is 5.28. The molecule has 1 saturated heterocycles. The van der Waals surface area contributed by atoms with Crippen molar-refractivity contribution in [1.29, 1.82) is 0 Å². The normalized spacial score (nSPS) is 30.0. The molecule has 1 fully saturated rings. The van der Waals surface area contributed by atoms with E-state index in [0.717, 1.165) is 18.9 Å². The minimum Gasteiger partial charge on any atom is -0.327 e. The third kappa shape index (κ3) is 3.74. The summed E-state index contributed by atoms with van der Waals surface area (Å²) in [6.45, 7) is 8.01. The van der Waals surface area contributed by atoms with Gasteiger partial charge in [-0.1, -0.05) is 20.3 Å². The Labute approximate surface area is 94.6 Å². The number of rotatable bonds is 5. The molecule has 0 saturated carbocycles. The lowest BCUT2D eigenvalue weighted by Gasteiger charge is -2.23. The van der Waals surface area contributed by atoms with Crippen LogP contribution in [0.5, 0.6) is 0 Å². The Hall–Kier alpha value is -0.120. The summed E-state index contributed by atoms with van der Waals surface area (Å²) in [6, 6.07) is 1.07. The first-order valence-corrected chi connectivity index (χ1v) is 6.19. The van der Waals surface area contributed by atoms with Gasteiger partial charge in [0.2, 0.25) is 0 Å². The minimum absolute atomic E-state index is 0.364.